The van der Waals surface area contributed by atoms with Gasteiger partial charge in [0.25, 0.3) is 0 Å². The van der Waals surface area contributed by atoms with Crippen molar-refractivity contribution in [3.63, 3.8) is 0 Å². The first-order chi connectivity index (χ1) is 28.3. The minimum Gasteiger partial charge on any atom is -0.310 e. The lowest BCUT2D eigenvalue weighted by molar-refractivity contribution is 1.18. The molecule has 0 amide bonds. The maximum Gasteiger partial charge on any atom is 0.0547 e. The number of rotatable bonds is 9. The molecule has 0 saturated carbocycles. The number of anilines is 6. The highest BCUT2D eigenvalue weighted by Gasteiger charge is 2.20. The van der Waals surface area contributed by atoms with Crippen molar-refractivity contribution in [3.8, 4) is 27.9 Å². The molecule has 57 heavy (non-hydrogen) atoms. The van der Waals surface area contributed by atoms with Crippen LogP contribution in [0.4, 0.5) is 34.1 Å². The molecule has 10 aromatic rings. The van der Waals surface area contributed by atoms with Crippen molar-refractivity contribution in [2.75, 3.05) is 9.80 Å². The molecule has 1 aromatic heterocycles. The van der Waals surface area contributed by atoms with Gasteiger partial charge in [0.2, 0.25) is 0 Å². The van der Waals surface area contributed by atoms with Gasteiger partial charge in [0, 0.05) is 50.6 Å². The molecule has 10 rings (SSSR count). The van der Waals surface area contributed by atoms with Gasteiger partial charge in [-0.3, -0.25) is 0 Å². The van der Waals surface area contributed by atoms with Crippen LogP contribution < -0.4 is 9.80 Å². The van der Waals surface area contributed by atoms with Crippen molar-refractivity contribution in [2.45, 2.75) is 0 Å². The zero-order chi connectivity index (χ0) is 38.0. The highest BCUT2D eigenvalue weighted by molar-refractivity contribution is 6.10. The highest BCUT2D eigenvalue weighted by atomic mass is 15.2. The van der Waals surface area contributed by atoms with Crippen molar-refractivity contribution < 1.29 is 0 Å². The summed E-state index contributed by atoms with van der Waals surface area (Å²) < 4.78 is 2.39. The second kappa shape index (κ2) is 14.9. The van der Waals surface area contributed by atoms with Gasteiger partial charge in [0.1, 0.15) is 0 Å². The summed E-state index contributed by atoms with van der Waals surface area (Å²) >= 11 is 0. The summed E-state index contributed by atoms with van der Waals surface area (Å²) in [6.45, 7) is 0. The monoisotopic (exact) mass is 729 g/mol. The van der Waals surface area contributed by atoms with E-state index in [-0.39, 0.29) is 0 Å². The molecule has 0 aliphatic carbocycles. The Labute approximate surface area is 333 Å². The second-order valence-electron chi connectivity index (χ2n) is 14.2. The minimum atomic E-state index is 1.06. The predicted molar refractivity (Wildman–Crippen MR) is 241 cm³/mol. The van der Waals surface area contributed by atoms with Gasteiger partial charge in [0.15, 0.2) is 0 Å². The Morgan fingerprint density at radius 1 is 0.246 bits per heavy atom. The van der Waals surface area contributed by atoms with Crippen LogP contribution in [0.2, 0.25) is 0 Å². The van der Waals surface area contributed by atoms with E-state index in [0.29, 0.717) is 0 Å². The molecular formula is C54H39N3. The van der Waals surface area contributed by atoms with Gasteiger partial charge >= 0.3 is 0 Å². The smallest absolute Gasteiger partial charge is 0.0547 e. The maximum atomic E-state index is 2.39. The first-order valence-corrected chi connectivity index (χ1v) is 19.4. The van der Waals surface area contributed by atoms with Gasteiger partial charge in [-0.05, 0) is 113 Å². The Morgan fingerprint density at radius 2 is 0.667 bits per heavy atom. The number of benzene rings is 9. The highest BCUT2D eigenvalue weighted by Crippen LogP contribution is 2.44. The van der Waals surface area contributed by atoms with Crippen LogP contribution in [0.5, 0.6) is 0 Å². The standard InChI is InChI=1S/C54H39N3/c1-6-18-40(19-7-1)41-30-33-48(34-31-41)56(46-24-12-4-13-25-46)50-37-43(36-49(39-50)55(44-20-8-2-9-21-44)45-22-10-3-11-23-45)42-32-35-52-51-28-16-17-29-53(51)57(54(52)38-42)47-26-14-5-15-27-47/h1-39H. The first-order valence-electron chi connectivity index (χ1n) is 19.4. The van der Waals surface area contributed by atoms with E-state index in [0.717, 1.165) is 50.9 Å². The van der Waals surface area contributed by atoms with Gasteiger partial charge in [-0.25, -0.2) is 0 Å². The summed E-state index contributed by atoms with van der Waals surface area (Å²) in [5, 5.41) is 2.47. The average molecular weight is 730 g/mol. The van der Waals surface area contributed by atoms with E-state index < -0.39 is 0 Å². The molecule has 3 heteroatoms. The lowest BCUT2D eigenvalue weighted by Gasteiger charge is -2.30. The van der Waals surface area contributed by atoms with E-state index in [2.05, 4.69) is 251 Å². The number of aromatic nitrogens is 1. The summed E-state index contributed by atoms with van der Waals surface area (Å²) in [4.78, 5) is 4.73. The lowest BCUT2D eigenvalue weighted by atomic mass is 10.00. The molecule has 0 N–H and O–H groups in total. The Hall–Kier alpha value is -7.62. The van der Waals surface area contributed by atoms with Crippen LogP contribution in [0.3, 0.4) is 0 Å². The largest absolute Gasteiger partial charge is 0.310 e. The molecule has 1 heterocycles. The summed E-state index contributed by atoms with van der Waals surface area (Å²) in [5.41, 5.74) is 14.6. The van der Waals surface area contributed by atoms with Crippen molar-refractivity contribution in [2.24, 2.45) is 0 Å². The van der Waals surface area contributed by atoms with Crippen LogP contribution in [-0.4, -0.2) is 4.57 Å². The predicted octanol–water partition coefficient (Wildman–Crippen LogP) is 15.1. The van der Waals surface area contributed by atoms with Crippen LogP contribution >= 0.6 is 0 Å². The SMILES string of the molecule is c1ccc(-c2ccc(N(c3ccccc3)c3cc(-c4ccc5c6ccccc6n(-c6ccccc6)c5c4)cc(N(c4ccccc4)c4ccccc4)c3)cc2)cc1. The lowest BCUT2D eigenvalue weighted by Crippen LogP contribution is -2.13. The van der Waals surface area contributed by atoms with E-state index in [1.807, 2.05) is 0 Å². The molecule has 0 bridgehead atoms. The Kier molecular flexibility index (Phi) is 8.86. The topological polar surface area (TPSA) is 11.4 Å². The van der Waals surface area contributed by atoms with E-state index in [9.17, 15) is 0 Å². The zero-order valence-corrected chi connectivity index (χ0v) is 31.4. The van der Waals surface area contributed by atoms with Crippen LogP contribution in [0, 0.1) is 0 Å². The molecule has 3 nitrogen and oxygen atoms in total. The molecule has 0 aliphatic heterocycles. The minimum absolute atomic E-state index is 1.06. The number of nitrogens with zero attached hydrogens (tertiary/aromatic N) is 3. The van der Waals surface area contributed by atoms with Crippen LogP contribution in [-0.2, 0) is 0 Å². The number of fused-ring (bicyclic) bond motifs is 3. The van der Waals surface area contributed by atoms with Crippen LogP contribution in [0.15, 0.2) is 237 Å². The number of para-hydroxylation sites is 5. The third kappa shape index (κ3) is 6.52. The first kappa shape index (κ1) is 33.9. The molecule has 0 radical (unpaired) electrons. The van der Waals surface area contributed by atoms with E-state index in [1.165, 1.54) is 32.9 Å². The van der Waals surface area contributed by atoms with Gasteiger partial charge in [0.05, 0.1) is 11.0 Å². The number of hydrogen-bond acceptors (Lipinski definition) is 2. The molecular weight excluding hydrogens is 691 g/mol. The quantitative estimate of drug-likeness (QED) is 0.147. The molecule has 0 spiro atoms. The Bertz CT molecular complexity index is 2880. The maximum absolute atomic E-state index is 2.39. The fourth-order valence-corrected chi connectivity index (χ4v) is 8.08. The molecule has 0 fully saturated rings. The summed E-state index contributed by atoms with van der Waals surface area (Å²) in [7, 11) is 0. The van der Waals surface area contributed by atoms with Crippen molar-refractivity contribution in [3.05, 3.63) is 237 Å². The zero-order valence-electron chi connectivity index (χ0n) is 31.4. The molecule has 0 saturated heterocycles. The van der Waals surface area contributed by atoms with E-state index in [1.54, 1.807) is 0 Å². The number of hydrogen-bond donors (Lipinski definition) is 0. The molecule has 270 valence electrons. The second-order valence-corrected chi connectivity index (χ2v) is 14.2. The Balaban J connectivity index is 1.22. The summed E-state index contributed by atoms with van der Waals surface area (Å²) in [5.74, 6) is 0. The van der Waals surface area contributed by atoms with Crippen molar-refractivity contribution in [1.82, 2.24) is 4.57 Å². The summed E-state index contributed by atoms with van der Waals surface area (Å²) in [6.07, 6.45) is 0. The van der Waals surface area contributed by atoms with Gasteiger partial charge in [-0.1, -0.05) is 146 Å². The van der Waals surface area contributed by atoms with Gasteiger partial charge in [-0.15, -0.1) is 0 Å². The normalized spacial score (nSPS) is 11.2. The molecule has 0 atom stereocenters. The molecule has 0 unspecified atom stereocenters. The van der Waals surface area contributed by atoms with Gasteiger partial charge in [-0.2, -0.15) is 0 Å². The molecule has 9 aromatic carbocycles. The van der Waals surface area contributed by atoms with Crippen LogP contribution in [0.25, 0.3) is 49.7 Å². The van der Waals surface area contributed by atoms with E-state index >= 15 is 0 Å². The van der Waals surface area contributed by atoms with Crippen molar-refractivity contribution in [1.29, 1.82) is 0 Å². The third-order valence-corrected chi connectivity index (χ3v) is 10.7. The van der Waals surface area contributed by atoms with Crippen LogP contribution in [0.1, 0.15) is 0 Å². The van der Waals surface area contributed by atoms with E-state index in [4.69, 9.17) is 0 Å². The molecule has 0 aliphatic rings. The third-order valence-electron chi connectivity index (χ3n) is 10.7. The summed E-state index contributed by atoms with van der Waals surface area (Å²) in [6, 6.07) is 84.8. The van der Waals surface area contributed by atoms with Crippen molar-refractivity contribution >= 4 is 55.9 Å². The fraction of sp³-hybridized carbons (Fsp3) is 0. The fourth-order valence-electron chi connectivity index (χ4n) is 8.08. The Morgan fingerprint density at radius 3 is 1.23 bits per heavy atom. The average Bonchev–Trinajstić information content (AvgIpc) is 3.62. The van der Waals surface area contributed by atoms with Gasteiger partial charge < -0.3 is 14.4 Å².